The van der Waals surface area contributed by atoms with E-state index in [0.717, 1.165) is 25.3 Å². The van der Waals surface area contributed by atoms with Gasteiger partial charge >= 0.3 is 0 Å². The van der Waals surface area contributed by atoms with Gasteiger partial charge in [0.2, 0.25) is 0 Å². The second-order valence-electron chi connectivity index (χ2n) is 5.17. The normalized spacial score (nSPS) is 18.7. The fraction of sp³-hybridized carbons (Fsp3) is 0.462. The van der Waals surface area contributed by atoms with E-state index < -0.39 is 5.91 Å². The molecule has 0 aliphatic carbocycles. The fourth-order valence-corrected chi connectivity index (χ4v) is 2.53. The molecule has 98 valence electrons. The fourth-order valence-electron chi connectivity index (χ4n) is 2.37. The molecule has 0 unspecified atom stereocenters. The number of nitrogens with two attached hydrogens (primary N) is 1. The minimum Gasteiger partial charge on any atom is -0.366 e. The number of nitrogens with one attached hydrogen (secondary N) is 1. The van der Waals surface area contributed by atoms with Crippen LogP contribution in [-0.2, 0) is 0 Å². The van der Waals surface area contributed by atoms with Gasteiger partial charge in [0.15, 0.2) is 0 Å². The SMILES string of the molecule is CC1(C)CNCCN1c1cc(Cl)ccc1C(N)=O. The van der Waals surface area contributed by atoms with Crippen LogP contribution >= 0.6 is 11.6 Å². The highest BCUT2D eigenvalue weighted by molar-refractivity contribution is 6.31. The highest BCUT2D eigenvalue weighted by Crippen LogP contribution is 2.30. The van der Waals surface area contributed by atoms with Crippen LogP contribution in [0, 0.1) is 0 Å². The Morgan fingerprint density at radius 2 is 2.22 bits per heavy atom. The molecule has 4 nitrogen and oxygen atoms in total. The zero-order chi connectivity index (χ0) is 13.3. The van der Waals surface area contributed by atoms with Gasteiger partial charge in [-0.25, -0.2) is 0 Å². The molecule has 18 heavy (non-hydrogen) atoms. The van der Waals surface area contributed by atoms with Gasteiger partial charge in [-0.1, -0.05) is 11.6 Å². The molecule has 0 aromatic heterocycles. The zero-order valence-corrected chi connectivity index (χ0v) is 11.4. The number of halogens is 1. The number of hydrogen-bond acceptors (Lipinski definition) is 3. The third-order valence-electron chi connectivity index (χ3n) is 3.32. The lowest BCUT2D eigenvalue weighted by molar-refractivity contribution is 0.100. The van der Waals surface area contributed by atoms with Gasteiger partial charge in [0, 0.05) is 30.2 Å². The molecule has 0 atom stereocenters. The van der Waals surface area contributed by atoms with Gasteiger partial charge in [0.25, 0.3) is 5.91 Å². The number of carbonyl (C=O) groups excluding carboxylic acids is 1. The first-order valence-corrected chi connectivity index (χ1v) is 6.37. The van der Waals surface area contributed by atoms with Gasteiger partial charge in [-0.3, -0.25) is 4.79 Å². The molecular weight excluding hydrogens is 250 g/mol. The van der Waals surface area contributed by atoms with Crippen LogP contribution < -0.4 is 16.0 Å². The van der Waals surface area contributed by atoms with E-state index in [2.05, 4.69) is 24.1 Å². The van der Waals surface area contributed by atoms with Crippen molar-refractivity contribution >= 4 is 23.2 Å². The number of amides is 1. The third kappa shape index (κ3) is 2.44. The molecule has 1 aliphatic heterocycles. The molecule has 3 N–H and O–H groups in total. The van der Waals surface area contributed by atoms with Crippen molar-refractivity contribution in [2.75, 3.05) is 24.5 Å². The van der Waals surface area contributed by atoms with Gasteiger partial charge in [-0.05, 0) is 32.0 Å². The van der Waals surface area contributed by atoms with Crippen molar-refractivity contribution < 1.29 is 4.79 Å². The average molecular weight is 268 g/mol. The number of rotatable bonds is 2. The van der Waals surface area contributed by atoms with E-state index in [4.69, 9.17) is 17.3 Å². The lowest BCUT2D eigenvalue weighted by Gasteiger charge is -2.45. The molecule has 1 heterocycles. The van der Waals surface area contributed by atoms with Crippen molar-refractivity contribution in [3.05, 3.63) is 28.8 Å². The molecule has 1 aromatic carbocycles. The van der Waals surface area contributed by atoms with E-state index >= 15 is 0 Å². The predicted molar refractivity (Wildman–Crippen MR) is 74.3 cm³/mol. The van der Waals surface area contributed by atoms with Gasteiger partial charge in [-0.2, -0.15) is 0 Å². The molecule has 1 fully saturated rings. The summed E-state index contributed by atoms with van der Waals surface area (Å²) in [5.74, 6) is -0.420. The van der Waals surface area contributed by atoms with Crippen molar-refractivity contribution in [2.45, 2.75) is 19.4 Å². The minimum absolute atomic E-state index is 0.0763. The van der Waals surface area contributed by atoms with E-state index in [9.17, 15) is 4.79 Å². The van der Waals surface area contributed by atoms with Crippen LogP contribution in [0.15, 0.2) is 18.2 Å². The second kappa shape index (κ2) is 4.78. The van der Waals surface area contributed by atoms with Gasteiger partial charge in [0.1, 0.15) is 0 Å². The van der Waals surface area contributed by atoms with Crippen LogP contribution in [0.2, 0.25) is 5.02 Å². The summed E-state index contributed by atoms with van der Waals surface area (Å²) in [6, 6.07) is 5.20. The maximum atomic E-state index is 11.5. The van der Waals surface area contributed by atoms with Gasteiger partial charge in [0.05, 0.1) is 11.3 Å². The van der Waals surface area contributed by atoms with Crippen molar-refractivity contribution in [1.82, 2.24) is 5.32 Å². The van der Waals surface area contributed by atoms with Crippen LogP contribution in [-0.4, -0.2) is 31.1 Å². The van der Waals surface area contributed by atoms with Gasteiger partial charge < -0.3 is 16.0 Å². The smallest absolute Gasteiger partial charge is 0.250 e. The standard InChI is InChI=1S/C13H18ClN3O/c1-13(2)8-16-5-6-17(13)11-7-9(14)3-4-10(11)12(15)18/h3-4,7,16H,5-6,8H2,1-2H3,(H2,15,18). The lowest BCUT2D eigenvalue weighted by atomic mass is 9.97. The second-order valence-corrected chi connectivity index (χ2v) is 5.60. The lowest BCUT2D eigenvalue weighted by Crippen LogP contribution is -2.58. The van der Waals surface area contributed by atoms with Crippen LogP contribution in [0.3, 0.4) is 0 Å². The van der Waals surface area contributed by atoms with Crippen LogP contribution in [0.25, 0.3) is 0 Å². The number of hydrogen-bond donors (Lipinski definition) is 2. The molecule has 2 rings (SSSR count). The minimum atomic E-state index is -0.420. The Hall–Kier alpha value is -1.26. The average Bonchev–Trinajstić information content (AvgIpc) is 2.27. The quantitative estimate of drug-likeness (QED) is 0.856. The molecular formula is C13H18ClN3O. The first-order valence-electron chi connectivity index (χ1n) is 5.99. The summed E-state index contributed by atoms with van der Waals surface area (Å²) in [6.45, 7) is 6.83. The Morgan fingerprint density at radius 1 is 1.50 bits per heavy atom. The van der Waals surface area contributed by atoms with E-state index in [1.165, 1.54) is 0 Å². The Bertz CT molecular complexity index is 473. The molecule has 0 saturated carbocycles. The van der Waals surface area contributed by atoms with Crippen molar-refractivity contribution in [2.24, 2.45) is 5.73 Å². The highest BCUT2D eigenvalue weighted by Gasteiger charge is 2.31. The summed E-state index contributed by atoms with van der Waals surface area (Å²) < 4.78 is 0. The molecule has 1 amide bonds. The third-order valence-corrected chi connectivity index (χ3v) is 3.55. The predicted octanol–water partition coefficient (Wildman–Crippen LogP) is 1.63. The zero-order valence-electron chi connectivity index (χ0n) is 10.7. The molecule has 1 aliphatic rings. The Morgan fingerprint density at radius 3 is 2.83 bits per heavy atom. The van der Waals surface area contributed by atoms with E-state index in [-0.39, 0.29) is 5.54 Å². The molecule has 5 heteroatoms. The van der Waals surface area contributed by atoms with E-state index in [0.29, 0.717) is 10.6 Å². The summed E-state index contributed by atoms with van der Waals surface area (Å²) in [7, 11) is 0. The highest BCUT2D eigenvalue weighted by atomic mass is 35.5. The number of carbonyl (C=O) groups is 1. The first kappa shape index (κ1) is 13.2. The maximum absolute atomic E-state index is 11.5. The Balaban J connectivity index is 2.48. The Labute approximate surface area is 112 Å². The summed E-state index contributed by atoms with van der Waals surface area (Å²) in [4.78, 5) is 13.7. The number of primary amides is 1. The number of nitrogens with zero attached hydrogens (tertiary/aromatic N) is 1. The van der Waals surface area contributed by atoms with Crippen LogP contribution in [0.5, 0.6) is 0 Å². The first-order chi connectivity index (χ1) is 8.42. The molecule has 1 saturated heterocycles. The monoisotopic (exact) mass is 267 g/mol. The summed E-state index contributed by atoms with van der Waals surface area (Å²) in [5, 5.41) is 3.96. The van der Waals surface area contributed by atoms with Crippen molar-refractivity contribution in [3.63, 3.8) is 0 Å². The summed E-state index contributed by atoms with van der Waals surface area (Å²) >= 11 is 6.04. The summed E-state index contributed by atoms with van der Waals surface area (Å²) in [6.07, 6.45) is 0. The van der Waals surface area contributed by atoms with Crippen LogP contribution in [0.1, 0.15) is 24.2 Å². The molecule has 0 spiro atoms. The Kier molecular flexibility index (Phi) is 3.50. The number of anilines is 1. The summed E-state index contributed by atoms with van der Waals surface area (Å²) in [5.41, 5.74) is 6.70. The van der Waals surface area contributed by atoms with Crippen LogP contribution in [0.4, 0.5) is 5.69 Å². The van der Waals surface area contributed by atoms with E-state index in [1.807, 2.05) is 6.07 Å². The molecule has 1 aromatic rings. The topological polar surface area (TPSA) is 58.4 Å². The molecule has 0 radical (unpaired) electrons. The van der Waals surface area contributed by atoms with Crippen molar-refractivity contribution in [1.29, 1.82) is 0 Å². The largest absolute Gasteiger partial charge is 0.366 e. The number of benzene rings is 1. The van der Waals surface area contributed by atoms with Gasteiger partial charge in [-0.15, -0.1) is 0 Å². The maximum Gasteiger partial charge on any atom is 0.250 e. The number of piperazine rings is 1. The van der Waals surface area contributed by atoms with Crippen molar-refractivity contribution in [3.8, 4) is 0 Å². The van der Waals surface area contributed by atoms with E-state index in [1.54, 1.807) is 12.1 Å². The molecule has 0 bridgehead atoms.